The van der Waals surface area contributed by atoms with E-state index in [0.717, 1.165) is 76.3 Å². The van der Waals surface area contributed by atoms with Gasteiger partial charge in [-0.15, -0.1) is 0 Å². The average molecular weight is 518 g/mol. The minimum absolute atomic E-state index is 0.474. The summed E-state index contributed by atoms with van der Waals surface area (Å²) in [6, 6.07) is 14.0. The third-order valence-electron chi connectivity index (χ3n) is 7.15. The van der Waals surface area contributed by atoms with E-state index in [2.05, 4.69) is 47.0 Å². The molecule has 0 bridgehead atoms. The van der Waals surface area contributed by atoms with Gasteiger partial charge in [0, 0.05) is 43.3 Å². The molecule has 1 fully saturated rings. The minimum Gasteiger partial charge on any atom is -0.487 e. The van der Waals surface area contributed by atoms with Crippen LogP contribution in [0.5, 0.6) is 5.75 Å². The van der Waals surface area contributed by atoms with Gasteiger partial charge in [0.25, 0.3) is 0 Å². The molecule has 6 aromatic rings. The number of imidazole rings is 1. The Morgan fingerprint density at radius 1 is 0.897 bits per heavy atom. The number of rotatable bonds is 6. The van der Waals surface area contributed by atoms with Gasteiger partial charge in [-0.3, -0.25) is 20.1 Å². The lowest BCUT2D eigenvalue weighted by Gasteiger charge is -2.33. The Labute approximate surface area is 224 Å². The number of likely N-dealkylation sites (N-methyl/N-ethyl adjacent to an activating group) is 1. The van der Waals surface area contributed by atoms with Gasteiger partial charge in [0.2, 0.25) is 0 Å². The summed E-state index contributed by atoms with van der Waals surface area (Å²) in [7, 11) is 2.15. The van der Waals surface area contributed by atoms with Gasteiger partial charge >= 0.3 is 0 Å². The highest BCUT2D eigenvalue weighted by Gasteiger charge is 2.20. The number of aromatic amines is 2. The predicted molar refractivity (Wildman–Crippen MR) is 150 cm³/mol. The van der Waals surface area contributed by atoms with Gasteiger partial charge in [-0.1, -0.05) is 30.3 Å². The molecule has 0 radical (unpaired) electrons. The Morgan fingerprint density at radius 3 is 2.62 bits per heavy atom. The second kappa shape index (κ2) is 9.80. The minimum atomic E-state index is 0.474. The molecule has 39 heavy (non-hydrogen) atoms. The molecule has 0 spiro atoms. The average Bonchev–Trinajstić information content (AvgIpc) is 3.61. The summed E-state index contributed by atoms with van der Waals surface area (Å²) in [5, 5.41) is 8.61. The SMILES string of the molecule is CN1CCN(c2cncc3[nH]c(-c4n[nH]c5cnc(-c6cncc(OCc7ccccc7)c6)cc45)nc23)CC1. The lowest BCUT2D eigenvalue weighted by molar-refractivity contribution is 0.305. The summed E-state index contributed by atoms with van der Waals surface area (Å²) in [5.41, 5.74) is 7.14. The number of nitrogens with one attached hydrogen (secondary N) is 2. The van der Waals surface area contributed by atoms with Crippen LogP contribution in [0.15, 0.2) is 73.4 Å². The van der Waals surface area contributed by atoms with Crippen molar-refractivity contribution in [3.05, 3.63) is 79.0 Å². The number of H-pyrrole nitrogens is 2. The van der Waals surface area contributed by atoms with Crippen molar-refractivity contribution in [2.45, 2.75) is 6.61 Å². The molecule has 2 N–H and O–H groups in total. The van der Waals surface area contributed by atoms with E-state index < -0.39 is 0 Å². The third kappa shape index (κ3) is 4.55. The number of aromatic nitrogens is 7. The molecule has 10 heteroatoms. The number of hydrogen-bond donors (Lipinski definition) is 2. The van der Waals surface area contributed by atoms with Crippen molar-refractivity contribution in [1.29, 1.82) is 0 Å². The Hall–Kier alpha value is -4.83. The normalized spacial score (nSPS) is 14.3. The monoisotopic (exact) mass is 517 g/mol. The Balaban J connectivity index is 1.20. The zero-order chi connectivity index (χ0) is 26.2. The first-order valence-corrected chi connectivity index (χ1v) is 12.9. The van der Waals surface area contributed by atoms with Crippen LogP contribution in [0, 0.1) is 0 Å². The Kier molecular flexibility index (Phi) is 5.86. The molecule has 5 aromatic heterocycles. The first kappa shape index (κ1) is 23.3. The summed E-state index contributed by atoms with van der Waals surface area (Å²) in [4.78, 5) is 26.6. The molecule has 10 nitrogen and oxygen atoms in total. The molecular weight excluding hydrogens is 490 g/mol. The van der Waals surface area contributed by atoms with E-state index >= 15 is 0 Å². The zero-order valence-corrected chi connectivity index (χ0v) is 21.5. The number of fused-ring (bicyclic) bond motifs is 2. The number of ether oxygens (including phenoxy) is 1. The second-order valence-electron chi connectivity index (χ2n) is 9.80. The van der Waals surface area contributed by atoms with Crippen LogP contribution < -0.4 is 9.64 Å². The number of anilines is 1. The highest BCUT2D eigenvalue weighted by molar-refractivity contribution is 5.96. The van der Waals surface area contributed by atoms with Crippen LogP contribution in [0.25, 0.3) is 44.7 Å². The number of nitrogens with zero attached hydrogens (tertiary/aromatic N) is 7. The molecule has 1 saturated heterocycles. The van der Waals surface area contributed by atoms with Crippen LogP contribution in [0.3, 0.4) is 0 Å². The van der Waals surface area contributed by atoms with Gasteiger partial charge < -0.3 is 19.5 Å². The molecule has 1 aliphatic heterocycles. The maximum absolute atomic E-state index is 5.98. The molecule has 0 saturated carbocycles. The van der Waals surface area contributed by atoms with Gasteiger partial charge in [0.1, 0.15) is 23.6 Å². The van der Waals surface area contributed by atoms with E-state index in [1.807, 2.05) is 54.9 Å². The standard InChI is InChI=1S/C29H27N9O/c1-37-7-9-38(10-8-37)26-17-31-15-25-28(26)34-29(33-25)27-22-12-23(32-16-24(22)35-36-27)20-11-21(14-30-13-20)39-18-19-5-3-2-4-6-19/h2-6,11-17H,7-10,18H2,1H3,(H,33,34)(H,35,36). The van der Waals surface area contributed by atoms with Crippen molar-refractivity contribution in [2.24, 2.45) is 0 Å². The molecule has 1 aromatic carbocycles. The molecule has 1 aliphatic rings. The molecule has 0 unspecified atom stereocenters. The summed E-state index contributed by atoms with van der Waals surface area (Å²) in [6.07, 6.45) is 9.02. The largest absolute Gasteiger partial charge is 0.487 e. The van der Waals surface area contributed by atoms with E-state index in [1.54, 1.807) is 18.6 Å². The summed E-state index contributed by atoms with van der Waals surface area (Å²) in [6.45, 7) is 4.40. The maximum atomic E-state index is 5.98. The third-order valence-corrected chi connectivity index (χ3v) is 7.15. The van der Waals surface area contributed by atoms with Crippen molar-refractivity contribution >= 4 is 27.6 Å². The van der Waals surface area contributed by atoms with Crippen molar-refractivity contribution in [1.82, 2.24) is 40.0 Å². The predicted octanol–water partition coefficient (Wildman–Crippen LogP) is 4.29. The maximum Gasteiger partial charge on any atom is 0.159 e. The van der Waals surface area contributed by atoms with Gasteiger partial charge in [-0.25, -0.2) is 4.98 Å². The molecule has 0 aliphatic carbocycles. The first-order valence-electron chi connectivity index (χ1n) is 12.9. The van der Waals surface area contributed by atoms with E-state index in [4.69, 9.17) is 9.72 Å². The van der Waals surface area contributed by atoms with Crippen molar-refractivity contribution < 1.29 is 4.74 Å². The molecule has 6 heterocycles. The van der Waals surface area contributed by atoms with Crippen molar-refractivity contribution in [2.75, 3.05) is 38.1 Å². The van der Waals surface area contributed by atoms with Crippen molar-refractivity contribution in [3.8, 4) is 28.5 Å². The van der Waals surface area contributed by atoms with Crippen LogP contribution >= 0.6 is 0 Å². The van der Waals surface area contributed by atoms with Gasteiger partial charge in [0.05, 0.1) is 47.2 Å². The lowest BCUT2D eigenvalue weighted by atomic mass is 10.1. The van der Waals surface area contributed by atoms with Crippen LogP contribution in [-0.2, 0) is 6.61 Å². The lowest BCUT2D eigenvalue weighted by Crippen LogP contribution is -2.44. The van der Waals surface area contributed by atoms with Crippen LogP contribution in [0.2, 0.25) is 0 Å². The number of benzene rings is 1. The number of pyridine rings is 3. The van der Waals surface area contributed by atoms with Gasteiger partial charge in [0.15, 0.2) is 5.82 Å². The highest BCUT2D eigenvalue weighted by atomic mass is 16.5. The van der Waals surface area contributed by atoms with Crippen molar-refractivity contribution in [3.63, 3.8) is 0 Å². The first-order chi connectivity index (χ1) is 19.2. The zero-order valence-electron chi connectivity index (χ0n) is 21.5. The van der Waals surface area contributed by atoms with Gasteiger partial charge in [-0.05, 0) is 24.7 Å². The van der Waals surface area contributed by atoms with Crippen LogP contribution in [0.1, 0.15) is 5.56 Å². The van der Waals surface area contributed by atoms with Crippen LogP contribution in [0.4, 0.5) is 5.69 Å². The molecule has 7 rings (SSSR count). The topological polar surface area (TPSA) is 112 Å². The molecular formula is C29H27N9O. The van der Waals surface area contributed by atoms with E-state index in [9.17, 15) is 0 Å². The van der Waals surface area contributed by atoms with Crippen LogP contribution in [-0.4, -0.2) is 73.2 Å². The quantitative estimate of drug-likeness (QED) is 0.337. The van der Waals surface area contributed by atoms with E-state index in [1.165, 1.54) is 0 Å². The highest BCUT2D eigenvalue weighted by Crippen LogP contribution is 2.32. The Morgan fingerprint density at radius 2 is 1.74 bits per heavy atom. The number of piperazine rings is 1. The van der Waals surface area contributed by atoms with Gasteiger partial charge in [-0.2, -0.15) is 5.10 Å². The summed E-state index contributed by atoms with van der Waals surface area (Å²) in [5.74, 6) is 1.38. The smallest absolute Gasteiger partial charge is 0.159 e. The van der Waals surface area contributed by atoms with E-state index in [-0.39, 0.29) is 0 Å². The Bertz CT molecular complexity index is 1750. The second-order valence-corrected chi connectivity index (χ2v) is 9.80. The fourth-order valence-corrected chi connectivity index (χ4v) is 4.94. The van der Waals surface area contributed by atoms with E-state index in [0.29, 0.717) is 18.2 Å². The molecule has 0 amide bonds. The fraction of sp³-hybridized carbons (Fsp3) is 0.207. The molecule has 0 atom stereocenters. The summed E-state index contributed by atoms with van der Waals surface area (Å²) < 4.78 is 5.98. The molecule has 194 valence electrons. The number of hydrogen-bond acceptors (Lipinski definition) is 8. The fourth-order valence-electron chi connectivity index (χ4n) is 4.94. The summed E-state index contributed by atoms with van der Waals surface area (Å²) >= 11 is 0.